The Bertz CT molecular complexity index is 740. The number of carbonyl (C=O) groups excluding carboxylic acids is 1. The lowest BCUT2D eigenvalue weighted by atomic mass is 10.1. The molecule has 0 saturated heterocycles. The number of hydrogen-bond donors (Lipinski definition) is 2. The number of carbonyl (C=O) groups is 1. The summed E-state index contributed by atoms with van der Waals surface area (Å²) < 4.78 is 0. The van der Waals surface area contributed by atoms with Crippen LogP contribution < -0.4 is 10.9 Å². The van der Waals surface area contributed by atoms with E-state index in [0.29, 0.717) is 5.69 Å². The van der Waals surface area contributed by atoms with Gasteiger partial charge in [-0.3, -0.25) is 9.59 Å². The van der Waals surface area contributed by atoms with Crippen molar-refractivity contribution in [2.45, 2.75) is 38.1 Å². The van der Waals surface area contributed by atoms with Crippen LogP contribution in [0, 0.1) is 13.8 Å². The van der Waals surface area contributed by atoms with Gasteiger partial charge in [0.2, 0.25) is 5.56 Å². The van der Waals surface area contributed by atoms with Crippen LogP contribution in [0.5, 0.6) is 0 Å². The highest BCUT2D eigenvalue weighted by atomic mass is 32.2. The first-order chi connectivity index (χ1) is 11.0. The zero-order chi connectivity index (χ0) is 16.8. The zero-order valence-electron chi connectivity index (χ0n) is 13.7. The predicted molar refractivity (Wildman–Crippen MR) is 95.2 cm³/mol. The third-order valence-electron chi connectivity index (χ3n) is 3.77. The fraction of sp³-hybridized carbons (Fsp3) is 0.333. The molecular weight excluding hydrogens is 308 g/mol. The van der Waals surface area contributed by atoms with Gasteiger partial charge in [-0.2, -0.15) is 0 Å². The normalized spacial score (nSPS) is 12.0. The molecule has 0 fully saturated rings. The average molecular weight is 330 g/mol. The number of pyridine rings is 1. The number of aryl methyl sites for hydroxylation is 2. The van der Waals surface area contributed by atoms with E-state index >= 15 is 0 Å². The lowest BCUT2D eigenvalue weighted by Gasteiger charge is -2.17. The van der Waals surface area contributed by atoms with Crippen molar-refractivity contribution in [1.82, 2.24) is 10.3 Å². The van der Waals surface area contributed by atoms with Gasteiger partial charge in [-0.15, -0.1) is 11.8 Å². The van der Waals surface area contributed by atoms with Gasteiger partial charge in [0.1, 0.15) is 5.69 Å². The number of hydrogen-bond acceptors (Lipinski definition) is 3. The molecule has 2 aromatic rings. The lowest BCUT2D eigenvalue weighted by Crippen LogP contribution is -2.37. The molecule has 1 heterocycles. The van der Waals surface area contributed by atoms with Crippen molar-refractivity contribution in [3.63, 3.8) is 0 Å². The fourth-order valence-corrected chi connectivity index (χ4v) is 3.24. The number of benzene rings is 1. The third kappa shape index (κ3) is 4.99. The summed E-state index contributed by atoms with van der Waals surface area (Å²) in [6.45, 7) is 6.24. The maximum atomic E-state index is 12.2. The minimum atomic E-state index is -0.268. The molecular formula is C18H22N2O2S. The molecule has 0 unspecified atom stereocenters. The van der Waals surface area contributed by atoms with Gasteiger partial charge in [-0.05, 0) is 49.6 Å². The highest BCUT2D eigenvalue weighted by Crippen LogP contribution is 2.22. The first-order valence-electron chi connectivity index (χ1n) is 7.70. The number of aromatic amines is 1. The molecule has 122 valence electrons. The van der Waals surface area contributed by atoms with Gasteiger partial charge in [-0.25, -0.2) is 0 Å². The van der Waals surface area contributed by atoms with Crippen LogP contribution in [0.2, 0.25) is 0 Å². The maximum absolute atomic E-state index is 12.2. The maximum Gasteiger partial charge on any atom is 0.268 e. The fourth-order valence-electron chi connectivity index (χ4n) is 2.11. The topological polar surface area (TPSA) is 62.0 Å². The smallest absolute Gasteiger partial charge is 0.268 e. The average Bonchev–Trinajstić information content (AvgIpc) is 2.54. The van der Waals surface area contributed by atoms with E-state index in [4.69, 9.17) is 0 Å². The number of aromatic nitrogens is 1. The summed E-state index contributed by atoms with van der Waals surface area (Å²) in [5.74, 6) is 0.553. The van der Waals surface area contributed by atoms with Gasteiger partial charge in [0, 0.05) is 22.8 Å². The van der Waals surface area contributed by atoms with Crippen LogP contribution in [-0.4, -0.2) is 22.7 Å². The Balaban J connectivity index is 1.96. The van der Waals surface area contributed by atoms with Gasteiger partial charge in [0.15, 0.2) is 0 Å². The second-order valence-electron chi connectivity index (χ2n) is 5.56. The largest absolute Gasteiger partial charge is 0.347 e. The van der Waals surface area contributed by atoms with Crippen molar-refractivity contribution in [3.05, 3.63) is 63.6 Å². The van der Waals surface area contributed by atoms with E-state index in [9.17, 15) is 9.59 Å². The summed E-state index contributed by atoms with van der Waals surface area (Å²) in [6, 6.07) is 11.0. The lowest BCUT2D eigenvalue weighted by molar-refractivity contribution is 0.0934. The molecule has 1 aromatic carbocycles. The third-order valence-corrected chi connectivity index (χ3v) is 4.93. The molecule has 1 atom stereocenters. The molecule has 0 aliphatic carbocycles. The summed E-state index contributed by atoms with van der Waals surface area (Å²) in [5, 5.41) is 2.98. The van der Waals surface area contributed by atoms with E-state index in [1.54, 1.807) is 23.9 Å². The first kappa shape index (κ1) is 17.3. The Kier molecular flexibility index (Phi) is 6.04. The van der Waals surface area contributed by atoms with E-state index in [0.717, 1.165) is 12.2 Å². The molecule has 0 spiro atoms. The van der Waals surface area contributed by atoms with E-state index < -0.39 is 0 Å². The van der Waals surface area contributed by atoms with E-state index in [2.05, 4.69) is 42.3 Å². The molecule has 23 heavy (non-hydrogen) atoms. The van der Waals surface area contributed by atoms with Crippen molar-refractivity contribution in [3.8, 4) is 0 Å². The van der Waals surface area contributed by atoms with E-state index in [1.807, 2.05) is 6.92 Å². The quantitative estimate of drug-likeness (QED) is 0.799. The predicted octanol–water partition coefficient (Wildman–Crippen LogP) is 3.29. The van der Waals surface area contributed by atoms with Crippen LogP contribution in [0.4, 0.5) is 0 Å². The SMILES string of the molecule is CC[C@@H](CSc1ccc(C)c(C)c1)NC(=O)c1cccc(=O)[nH]1. The monoisotopic (exact) mass is 330 g/mol. The summed E-state index contributed by atoms with van der Waals surface area (Å²) in [6.07, 6.45) is 0.834. The number of amides is 1. The van der Waals surface area contributed by atoms with Gasteiger partial charge in [0.25, 0.3) is 5.91 Å². The molecule has 1 aromatic heterocycles. The highest BCUT2D eigenvalue weighted by molar-refractivity contribution is 7.99. The number of thioether (sulfide) groups is 1. The van der Waals surface area contributed by atoms with E-state index in [-0.39, 0.29) is 17.5 Å². The molecule has 0 bridgehead atoms. The summed E-state index contributed by atoms with van der Waals surface area (Å²) in [4.78, 5) is 27.2. The van der Waals surface area contributed by atoms with Crippen LogP contribution in [0.25, 0.3) is 0 Å². The van der Waals surface area contributed by atoms with Crippen LogP contribution >= 0.6 is 11.8 Å². The molecule has 0 aliphatic rings. The summed E-state index contributed by atoms with van der Waals surface area (Å²) >= 11 is 1.73. The van der Waals surface area contributed by atoms with Gasteiger partial charge in [0.05, 0.1) is 0 Å². The molecule has 1 amide bonds. The number of rotatable bonds is 6. The van der Waals surface area contributed by atoms with Crippen LogP contribution in [0.3, 0.4) is 0 Å². The zero-order valence-corrected chi connectivity index (χ0v) is 14.5. The molecule has 4 nitrogen and oxygen atoms in total. The molecule has 2 N–H and O–H groups in total. The molecule has 5 heteroatoms. The van der Waals surface area contributed by atoms with Crippen molar-refractivity contribution >= 4 is 17.7 Å². The van der Waals surface area contributed by atoms with Crippen molar-refractivity contribution in [2.75, 3.05) is 5.75 Å². The van der Waals surface area contributed by atoms with E-state index in [1.165, 1.54) is 22.1 Å². The molecule has 0 radical (unpaired) electrons. The van der Waals surface area contributed by atoms with Crippen LogP contribution in [0.1, 0.15) is 35.0 Å². The first-order valence-corrected chi connectivity index (χ1v) is 8.68. The number of nitrogens with one attached hydrogen (secondary N) is 2. The van der Waals surface area contributed by atoms with Crippen LogP contribution in [-0.2, 0) is 0 Å². The summed E-state index contributed by atoms with van der Waals surface area (Å²) in [7, 11) is 0. The standard InChI is InChI=1S/C18H22N2O2S/c1-4-14(11-23-15-9-8-12(2)13(3)10-15)19-18(22)16-6-5-7-17(21)20-16/h5-10,14H,4,11H2,1-3H3,(H,19,22)(H,20,21)/t14-/m0/s1. The Morgan fingerprint density at radius 1 is 1.22 bits per heavy atom. The Morgan fingerprint density at radius 3 is 2.65 bits per heavy atom. The van der Waals surface area contributed by atoms with Crippen molar-refractivity contribution in [2.24, 2.45) is 0 Å². The Hall–Kier alpha value is -2.01. The highest BCUT2D eigenvalue weighted by Gasteiger charge is 2.13. The Labute approximate surface area is 140 Å². The minimum Gasteiger partial charge on any atom is -0.347 e. The van der Waals surface area contributed by atoms with Gasteiger partial charge < -0.3 is 10.3 Å². The molecule has 0 saturated carbocycles. The molecule has 2 rings (SSSR count). The number of H-pyrrole nitrogens is 1. The van der Waals surface area contributed by atoms with Crippen LogP contribution in [0.15, 0.2) is 46.1 Å². The van der Waals surface area contributed by atoms with Crippen molar-refractivity contribution in [1.29, 1.82) is 0 Å². The Morgan fingerprint density at radius 2 is 2.00 bits per heavy atom. The van der Waals surface area contributed by atoms with Crippen molar-refractivity contribution < 1.29 is 4.79 Å². The second-order valence-corrected chi connectivity index (χ2v) is 6.66. The van der Waals surface area contributed by atoms with Gasteiger partial charge >= 0.3 is 0 Å². The van der Waals surface area contributed by atoms with Gasteiger partial charge in [-0.1, -0.05) is 19.1 Å². The summed E-state index contributed by atoms with van der Waals surface area (Å²) in [5.41, 5.74) is 2.58. The minimum absolute atomic E-state index is 0.0535. The second kappa shape index (κ2) is 8.02. The molecule has 0 aliphatic heterocycles.